The Morgan fingerprint density at radius 3 is 2.37 bits per heavy atom. The molecule has 0 saturated heterocycles. The molecule has 35 heavy (non-hydrogen) atoms. The van der Waals surface area contributed by atoms with Gasteiger partial charge in [0.15, 0.2) is 0 Å². The van der Waals surface area contributed by atoms with E-state index in [2.05, 4.69) is 16.0 Å². The second-order valence-electron chi connectivity index (χ2n) is 8.62. The van der Waals surface area contributed by atoms with E-state index in [1.54, 1.807) is 12.1 Å². The number of carbonyl (C=O) groups excluding carboxylic acids is 2. The summed E-state index contributed by atoms with van der Waals surface area (Å²) in [6, 6.07) is 15.5. The number of halogens is 3. The molecule has 8 heteroatoms. The average molecular weight is 482 g/mol. The molecule has 0 radical (unpaired) electrons. The highest BCUT2D eigenvalue weighted by atomic mass is 19.4. The molecule has 1 unspecified atom stereocenters. The van der Waals surface area contributed by atoms with Crippen LogP contribution in [0.3, 0.4) is 0 Å². The van der Waals surface area contributed by atoms with Crippen molar-refractivity contribution >= 4 is 17.6 Å². The van der Waals surface area contributed by atoms with E-state index in [1.165, 1.54) is 12.1 Å². The Morgan fingerprint density at radius 1 is 0.971 bits per heavy atom. The molecule has 1 atom stereocenters. The van der Waals surface area contributed by atoms with Crippen LogP contribution in [0.1, 0.15) is 39.5 Å². The Labute approximate surface area is 201 Å². The van der Waals surface area contributed by atoms with Crippen LogP contribution in [-0.4, -0.2) is 24.5 Å². The van der Waals surface area contributed by atoms with Crippen molar-refractivity contribution in [2.45, 2.75) is 38.9 Å². The van der Waals surface area contributed by atoms with Gasteiger partial charge in [0, 0.05) is 23.8 Å². The number of nitrogens with one attached hydrogen (secondary N) is 3. The van der Waals surface area contributed by atoms with Gasteiger partial charge in [0.25, 0.3) is 5.91 Å². The first-order valence-electron chi connectivity index (χ1n) is 11.4. The number of amides is 3. The number of rotatable bonds is 5. The summed E-state index contributed by atoms with van der Waals surface area (Å²) in [5.74, 6) is -0.349. The summed E-state index contributed by atoms with van der Waals surface area (Å²) >= 11 is 0. The van der Waals surface area contributed by atoms with Crippen LogP contribution in [0.15, 0.2) is 60.7 Å². The van der Waals surface area contributed by atoms with Gasteiger partial charge in [0.05, 0.1) is 5.56 Å². The second-order valence-corrected chi connectivity index (χ2v) is 8.62. The van der Waals surface area contributed by atoms with Crippen molar-refractivity contribution < 1.29 is 22.8 Å². The average Bonchev–Trinajstić information content (AvgIpc) is 3.20. The molecule has 1 aliphatic rings. The highest BCUT2D eigenvalue weighted by molar-refractivity contribution is 6.09. The number of anilines is 1. The molecule has 0 spiro atoms. The molecule has 0 aliphatic heterocycles. The number of carbonyl (C=O) groups is 2. The number of aryl methyl sites for hydroxylation is 1. The van der Waals surface area contributed by atoms with Crippen molar-refractivity contribution in [2.24, 2.45) is 0 Å². The Balaban J connectivity index is 1.53. The van der Waals surface area contributed by atoms with Gasteiger partial charge in [-0.25, -0.2) is 4.79 Å². The van der Waals surface area contributed by atoms with E-state index >= 15 is 0 Å². The molecule has 0 aromatic heterocycles. The molecular formula is C27H26F3N3O2. The van der Waals surface area contributed by atoms with Crippen LogP contribution in [-0.2, 0) is 19.0 Å². The lowest BCUT2D eigenvalue weighted by molar-refractivity contribution is -0.137. The first kappa shape index (κ1) is 24.3. The molecule has 3 aromatic rings. The molecule has 3 aromatic carbocycles. The maximum atomic E-state index is 13.2. The fraction of sp³-hybridized carbons (Fsp3) is 0.259. The summed E-state index contributed by atoms with van der Waals surface area (Å²) in [6.45, 7) is 4.23. The van der Waals surface area contributed by atoms with Crippen molar-refractivity contribution in [3.63, 3.8) is 0 Å². The van der Waals surface area contributed by atoms with Crippen LogP contribution < -0.4 is 16.0 Å². The van der Waals surface area contributed by atoms with Crippen LogP contribution in [0.25, 0.3) is 11.1 Å². The molecule has 1 aliphatic carbocycles. The number of fused-ring (bicyclic) bond motifs is 1. The van der Waals surface area contributed by atoms with E-state index in [0.717, 1.165) is 35.2 Å². The number of alkyl halides is 3. The van der Waals surface area contributed by atoms with Crippen molar-refractivity contribution in [3.05, 3.63) is 88.5 Å². The van der Waals surface area contributed by atoms with Crippen molar-refractivity contribution in [3.8, 4) is 11.1 Å². The minimum absolute atomic E-state index is 0.00875. The van der Waals surface area contributed by atoms with Crippen molar-refractivity contribution in [1.82, 2.24) is 10.6 Å². The zero-order valence-electron chi connectivity index (χ0n) is 19.4. The molecule has 3 N–H and O–H groups in total. The summed E-state index contributed by atoms with van der Waals surface area (Å²) in [5, 5.41) is 8.59. The molecule has 5 nitrogen and oxygen atoms in total. The van der Waals surface area contributed by atoms with Crippen molar-refractivity contribution in [1.29, 1.82) is 0 Å². The maximum Gasteiger partial charge on any atom is 0.416 e. The minimum atomic E-state index is -4.42. The van der Waals surface area contributed by atoms with Gasteiger partial charge in [0.2, 0.25) is 0 Å². The third-order valence-corrected chi connectivity index (χ3v) is 6.09. The molecule has 182 valence electrons. The largest absolute Gasteiger partial charge is 0.416 e. The summed E-state index contributed by atoms with van der Waals surface area (Å²) in [7, 11) is 0. The van der Waals surface area contributed by atoms with Gasteiger partial charge in [-0.3, -0.25) is 4.79 Å². The van der Waals surface area contributed by atoms with E-state index < -0.39 is 11.7 Å². The summed E-state index contributed by atoms with van der Waals surface area (Å²) < 4.78 is 38.9. The van der Waals surface area contributed by atoms with Gasteiger partial charge in [-0.05, 0) is 84.8 Å². The Kier molecular flexibility index (Phi) is 6.82. The first-order chi connectivity index (χ1) is 16.7. The minimum Gasteiger partial charge on any atom is -0.338 e. The fourth-order valence-corrected chi connectivity index (χ4v) is 4.46. The van der Waals surface area contributed by atoms with Gasteiger partial charge in [-0.15, -0.1) is 0 Å². The quantitative estimate of drug-likeness (QED) is 0.436. The van der Waals surface area contributed by atoms with Gasteiger partial charge >= 0.3 is 12.2 Å². The monoisotopic (exact) mass is 481 g/mol. The summed E-state index contributed by atoms with van der Waals surface area (Å²) in [5.41, 5.74) is 4.33. The van der Waals surface area contributed by atoms with Gasteiger partial charge < -0.3 is 16.0 Å². The molecule has 4 rings (SSSR count). The van der Waals surface area contributed by atoms with E-state index in [1.807, 2.05) is 38.1 Å². The van der Waals surface area contributed by atoms with E-state index in [4.69, 9.17) is 0 Å². The Bertz CT molecular complexity index is 1250. The molecule has 0 bridgehead atoms. The smallest absolute Gasteiger partial charge is 0.338 e. The van der Waals surface area contributed by atoms with Crippen molar-refractivity contribution in [2.75, 3.05) is 11.9 Å². The first-order valence-corrected chi connectivity index (χ1v) is 11.4. The third kappa shape index (κ3) is 5.48. The second kappa shape index (κ2) is 9.82. The lowest BCUT2D eigenvalue weighted by Crippen LogP contribution is -2.42. The normalized spacial score (nSPS) is 14.8. The predicted molar refractivity (Wildman–Crippen MR) is 129 cm³/mol. The number of hydrogen-bond acceptors (Lipinski definition) is 2. The van der Waals surface area contributed by atoms with Crippen LogP contribution in [0, 0.1) is 6.92 Å². The number of hydrogen-bond donors (Lipinski definition) is 3. The van der Waals surface area contributed by atoms with E-state index in [-0.39, 0.29) is 18.0 Å². The highest BCUT2D eigenvalue weighted by Gasteiger charge is 2.30. The molecular weight excluding hydrogens is 455 g/mol. The van der Waals surface area contributed by atoms with Crippen LogP contribution in [0.2, 0.25) is 0 Å². The lowest BCUT2D eigenvalue weighted by atomic mass is 9.93. The number of benzene rings is 3. The topological polar surface area (TPSA) is 70.2 Å². The SMILES string of the molecule is CCNC(=O)NC1Cc2ccc(NC(=O)c3cccc(C)c3-c3ccc(C(F)(F)F)cc3)cc2C1. The lowest BCUT2D eigenvalue weighted by Gasteiger charge is -2.15. The molecule has 0 saturated carbocycles. The maximum absolute atomic E-state index is 13.2. The zero-order valence-corrected chi connectivity index (χ0v) is 19.4. The summed E-state index contributed by atoms with van der Waals surface area (Å²) in [4.78, 5) is 25.0. The summed E-state index contributed by atoms with van der Waals surface area (Å²) in [6.07, 6.45) is -3.04. The standard InChI is InChI=1S/C27H26F3N3O2/c1-3-31-26(35)33-22-13-18-9-12-21(14-19(18)15-22)32-25(34)23-6-4-5-16(2)24(23)17-7-10-20(11-8-17)27(28,29)30/h4-12,14,22H,3,13,15H2,1-2H3,(H,32,34)(H2,31,33,35). The van der Waals surface area contributed by atoms with Gasteiger partial charge in [-0.2, -0.15) is 13.2 Å². The zero-order chi connectivity index (χ0) is 25.2. The van der Waals surface area contributed by atoms with E-state index in [0.29, 0.717) is 35.3 Å². The van der Waals surface area contributed by atoms with Crippen LogP contribution >= 0.6 is 0 Å². The Hall–Kier alpha value is -3.81. The predicted octanol–water partition coefficient (Wildman–Crippen LogP) is 5.72. The van der Waals surface area contributed by atoms with E-state index in [9.17, 15) is 22.8 Å². The fourth-order valence-electron chi connectivity index (χ4n) is 4.46. The molecule has 3 amide bonds. The van der Waals surface area contributed by atoms with Crippen LogP contribution in [0.5, 0.6) is 0 Å². The van der Waals surface area contributed by atoms with Crippen LogP contribution in [0.4, 0.5) is 23.7 Å². The third-order valence-electron chi connectivity index (χ3n) is 6.09. The van der Waals surface area contributed by atoms with Gasteiger partial charge in [0.1, 0.15) is 0 Å². The number of urea groups is 1. The molecule has 0 fully saturated rings. The van der Waals surface area contributed by atoms with Gasteiger partial charge in [-0.1, -0.05) is 30.3 Å². The Morgan fingerprint density at radius 2 is 1.69 bits per heavy atom. The molecule has 0 heterocycles. The highest BCUT2D eigenvalue weighted by Crippen LogP contribution is 2.33.